The predicted molar refractivity (Wildman–Crippen MR) is 97.8 cm³/mol. The number of ether oxygens (including phenoxy) is 2. The van der Waals surface area contributed by atoms with Gasteiger partial charge in [0.25, 0.3) is 0 Å². The molecule has 0 bridgehead atoms. The van der Waals surface area contributed by atoms with E-state index >= 15 is 0 Å². The number of nitrogens with one attached hydrogen (secondary N) is 1. The number of morpholine rings is 1. The number of aliphatic imine (C=N–C) groups is 1. The molecule has 1 aromatic rings. The second-order valence-electron chi connectivity index (χ2n) is 6.33. The molecule has 0 saturated carbocycles. The third-order valence-electron chi connectivity index (χ3n) is 4.05. The topological polar surface area (TPSA) is 49.3 Å². The number of alkyl halides is 2. The molecule has 2 rings (SSSR count). The lowest BCUT2D eigenvalue weighted by Gasteiger charge is -2.29. The van der Waals surface area contributed by atoms with Gasteiger partial charge >= 0.3 is 6.61 Å². The lowest BCUT2D eigenvalue weighted by molar-refractivity contribution is -0.0498. The molecule has 0 amide bonds. The Morgan fingerprint density at radius 3 is 2.77 bits per heavy atom. The molecule has 26 heavy (non-hydrogen) atoms. The van der Waals surface area contributed by atoms with Crippen molar-refractivity contribution in [2.45, 2.75) is 26.2 Å². The van der Waals surface area contributed by atoms with E-state index in [-0.39, 0.29) is 11.9 Å². The van der Waals surface area contributed by atoms with Gasteiger partial charge in [0, 0.05) is 33.2 Å². The standard InChI is InChI=1S/C18H28F2N4O2/c1-4-21-18(22-11-16-13-23(2)9-10-25-16)24(3)12-14-5-7-15(8-6-14)26-17(19)20/h5-8,16-17H,4,9-13H2,1-3H3,(H,21,22). The first kappa shape index (κ1) is 20.4. The minimum atomic E-state index is -2.81. The van der Waals surface area contributed by atoms with Crippen LogP contribution in [0.4, 0.5) is 8.78 Å². The fourth-order valence-corrected chi connectivity index (χ4v) is 2.76. The van der Waals surface area contributed by atoms with E-state index in [0.29, 0.717) is 13.1 Å². The maximum atomic E-state index is 12.2. The van der Waals surface area contributed by atoms with Crippen LogP contribution in [0.1, 0.15) is 12.5 Å². The van der Waals surface area contributed by atoms with E-state index in [0.717, 1.165) is 37.8 Å². The normalized spacial score (nSPS) is 18.8. The van der Waals surface area contributed by atoms with Gasteiger partial charge in [-0.15, -0.1) is 0 Å². The van der Waals surface area contributed by atoms with Crippen LogP contribution in [0, 0.1) is 0 Å². The second kappa shape index (κ2) is 10.3. The summed E-state index contributed by atoms with van der Waals surface area (Å²) in [6.45, 7) is 3.72. The summed E-state index contributed by atoms with van der Waals surface area (Å²) in [6, 6.07) is 6.64. The summed E-state index contributed by atoms with van der Waals surface area (Å²) in [7, 11) is 4.02. The van der Waals surface area contributed by atoms with Gasteiger partial charge < -0.3 is 24.6 Å². The van der Waals surface area contributed by atoms with Crippen LogP contribution in [0.2, 0.25) is 0 Å². The Morgan fingerprint density at radius 2 is 2.15 bits per heavy atom. The zero-order chi connectivity index (χ0) is 18.9. The lowest BCUT2D eigenvalue weighted by Crippen LogP contribution is -2.43. The molecule has 1 aromatic carbocycles. The molecule has 1 aliphatic heterocycles. The van der Waals surface area contributed by atoms with Gasteiger partial charge in [-0.3, -0.25) is 4.99 Å². The highest BCUT2D eigenvalue weighted by molar-refractivity contribution is 5.79. The predicted octanol–water partition coefficient (Wildman–Crippen LogP) is 2.02. The van der Waals surface area contributed by atoms with Gasteiger partial charge in [0.1, 0.15) is 5.75 Å². The maximum absolute atomic E-state index is 12.2. The molecular weight excluding hydrogens is 342 g/mol. The van der Waals surface area contributed by atoms with E-state index in [1.54, 1.807) is 24.3 Å². The van der Waals surface area contributed by atoms with Crippen LogP contribution in [-0.4, -0.2) is 75.4 Å². The Labute approximate surface area is 153 Å². The third-order valence-corrected chi connectivity index (χ3v) is 4.05. The van der Waals surface area contributed by atoms with Crippen LogP contribution in [-0.2, 0) is 11.3 Å². The van der Waals surface area contributed by atoms with Crippen LogP contribution in [0.25, 0.3) is 0 Å². The number of rotatable bonds is 7. The van der Waals surface area contributed by atoms with Crippen molar-refractivity contribution < 1.29 is 18.3 Å². The number of hydrogen-bond acceptors (Lipinski definition) is 4. The molecular formula is C18H28F2N4O2. The first-order chi connectivity index (χ1) is 12.5. The van der Waals surface area contributed by atoms with E-state index in [4.69, 9.17) is 4.74 Å². The lowest BCUT2D eigenvalue weighted by atomic mass is 10.2. The summed E-state index contributed by atoms with van der Waals surface area (Å²) in [5.41, 5.74) is 0.980. The number of guanidine groups is 1. The average Bonchev–Trinajstić information content (AvgIpc) is 2.60. The Bertz CT molecular complexity index is 569. The second-order valence-corrected chi connectivity index (χ2v) is 6.33. The molecule has 0 aliphatic carbocycles. The van der Waals surface area contributed by atoms with Crippen LogP contribution in [0.15, 0.2) is 29.3 Å². The van der Waals surface area contributed by atoms with Crippen molar-refractivity contribution in [3.63, 3.8) is 0 Å². The van der Waals surface area contributed by atoms with Gasteiger partial charge in [-0.25, -0.2) is 0 Å². The van der Waals surface area contributed by atoms with E-state index in [9.17, 15) is 8.78 Å². The number of benzene rings is 1. The monoisotopic (exact) mass is 370 g/mol. The maximum Gasteiger partial charge on any atom is 0.387 e. The molecule has 0 spiro atoms. The molecule has 1 heterocycles. The quantitative estimate of drug-likeness (QED) is 0.588. The zero-order valence-electron chi connectivity index (χ0n) is 15.6. The van der Waals surface area contributed by atoms with Crippen molar-refractivity contribution in [3.05, 3.63) is 29.8 Å². The van der Waals surface area contributed by atoms with Gasteiger partial charge in [0.05, 0.1) is 19.3 Å². The van der Waals surface area contributed by atoms with Crippen LogP contribution >= 0.6 is 0 Å². The van der Waals surface area contributed by atoms with Crippen molar-refractivity contribution in [3.8, 4) is 5.75 Å². The molecule has 1 unspecified atom stereocenters. The van der Waals surface area contributed by atoms with E-state index in [1.807, 2.05) is 18.9 Å². The number of likely N-dealkylation sites (N-methyl/N-ethyl adjacent to an activating group) is 1. The average molecular weight is 370 g/mol. The third kappa shape index (κ3) is 6.76. The molecule has 1 N–H and O–H groups in total. The SMILES string of the molecule is CCNC(=NCC1CN(C)CCO1)N(C)Cc1ccc(OC(F)F)cc1. The Balaban J connectivity index is 1.94. The van der Waals surface area contributed by atoms with Crippen LogP contribution < -0.4 is 10.1 Å². The molecule has 0 aromatic heterocycles. The molecule has 1 saturated heterocycles. The molecule has 1 aliphatic rings. The highest BCUT2D eigenvalue weighted by atomic mass is 19.3. The zero-order valence-corrected chi connectivity index (χ0v) is 15.6. The van der Waals surface area contributed by atoms with E-state index in [2.05, 4.69) is 27.0 Å². The number of nitrogens with zero attached hydrogens (tertiary/aromatic N) is 3. The first-order valence-electron chi connectivity index (χ1n) is 8.81. The molecule has 146 valence electrons. The van der Waals surface area contributed by atoms with Crippen molar-refractivity contribution >= 4 is 5.96 Å². The summed E-state index contributed by atoms with van der Waals surface area (Å²) in [5, 5.41) is 3.27. The Morgan fingerprint density at radius 1 is 1.42 bits per heavy atom. The fraction of sp³-hybridized carbons (Fsp3) is 0.611. The van der Waals surface area contributed by atoms with Crippen molar-refractivity contribution in [1.82, 2.24) is 15.1 Å². The summed E-state index contributed by atoms with van der Waals surface area (Å²) in [5.74, 6) is 0.947. The van der Waals surface area contributed by atoms with Gasteiger partial charge in [-0.1, -0.05) is 12.1 Å². The van der Waals surface area contributed by atoms with Crippen molar-refractivity contribution in [2.24, 2.45) is 4.99 Å². The molecule has 1 atom stereocenters. The highest BCUT2D eigenvalue weighted by Crippen LogP contribution is 2.15. The smallest absolute Gasteiger partial charge is 0.387 e. The van der Waals surface area contributed by atoms with Crippen molar-refractivity contribution in [2.75, 3.05) is 46.9 Å². The molecule has 6 nitrogen and oxygen atoms in total. The van der Waals surface area contributed by atoms with E-state index in [1.165, 1.54) is 0 Å². The van der Waals surface area contributed by atoms with E-state index < -0.39 is 6.61 Å². The summed E-state index contributed by atoms with van der Waals surface area (Å²) in [4.78, 5) is 8.92. The van der Waals surface area contributed by atoms with Gasteiger partial charge in [-0.05, 0) is 31.7 Å². The minimum Gasteiger partial charge on any atom is -0.435 e. The largest absolute Gasteiger partial charge is 0.435 e. The van der Waals surface area contributed by atoms with Gasteiger partial charge in [0.15, 0.2) is 5.96 Å². The molecule has 0 radical (unpaired) electrons. The highest BCUT2D eigenvalue weighted by Gasteiger charge is 2.18. The fourth-order valence-electron chi connectivity index (χ4n) is 2.76. The summed E-state index contributed by atoms with van der Waals surface area (Å²) < 4.78 is 34.6. The number of halogens is 2. The van der Waals surface area contributed by atoms with Gasteiger partial charge in [-0.2, -0.15) is 8.78 Å². The first-order valence-corrected chi connectivity index (χ1v) is 8.81. The van der Waals surface area contributed by atoms with Gasteiger partial charge in [0.2, 0.25) is 0 Å². The van der Waals surface area contributed by atoms with Crippen LogP contribution in [0.3, 0.4) is 0 Å². The molecule has 8 heteroatoms. The van der Waals surface area contributed by atoms with Crippen molar-refractivity contribution in [1.29, 1.82) is 0 Å². The number of hydrogen-bond donors (Lipinski definition) is 1. The summed E-state index contributed by atoms with van der Waals surface area (Å²) >= 11 is 0. The Kier molecular flexibility index (Phi) is 8.06. The van der Waals surface area contributed by atoms with Crippen LogP contribution in [0.5, 0.6) is 5.75 Å². The summed E-state index contributed by atoms with van der Waals surface area (Å²) in [6.07, 6.45) is 0.0987. The Hall–Kier alpha value is -1.93. The minimum absolute atomic E-state index is 0.0987. The molecule has 1 fully saturated rings.